The lowest BCUT2D eigenvalue weighted by molar-refractivity contribution is 0.134. The molecule has 0 bridgehead atoms. The van der Waals surface area contributed by atoms with E-state index in [9.17, 15) is 0 Å². The molecule has 1 aromatic heterocycles. The minimum absolute atomic E-state index is 0.263. The lowest BCUT2D eigenvalue weighted by atomic mass is 9.98. The number of nitrogens with one attached hydrogen (secondary N) is 1. The molecule has 2 heterocycles. The standard InChI is InChI=1S/C16H22N4O/c1-3-6-17-15(8-16-18-11-19-20(16)2)12-4-5-13-9-21-10-14(13)7-12/h4-5,7,11,15,17H,3,6,8-10H2,1-2H3. The smallest absolute Gasteiger partial charge is 0.138 e. The number of nitrogens with zero attached hydrogens (tertiary/aromatic N) is 3. The molecule has 0 fully saturated rings. The second kappa shape index (κ2) is 6.37. The largest absolute Gasteiger partial charge is 0.372 e. The van der Waals surface area contributed by atoms with Gasteiger partial charge in [0.25, 0.3) is 0 Å². The van der Waals surface area contributed by atoms with Crippen LogP contribution in [0, 0.1) is 0 Å². The van der Waals surface area contributed by atoms with E-state index in [0.29, 0.717) is 0 Å². The van der Waals surface area contributed by atoms with Crippen molar-refractivity contribution in [3.63, 3.8) is 0 Å². The van der Waals surface area contributed by atoms with Crippen LogP contribution in [0.4, 0.5) is 0 Å². The zero-order chi connectivity index (χ0) is 14.7. The van der Waals surface area contributed by atoms with E-state index >= 15 is 0 Å². The van der Waals surface area contributed by atoms with Crippen LogP contribution in [0.15, 0.2) is 24.5 Å². The third-order valence-corrected chi connectivity index (χ3v) is 3.98. The Balaban J connectivity index is 1.83. The van der Waals surface area contributed by atoms with Crippen LogP contribution in [-0.4, -0.2) is 21.3 Å². The molecule has 1 aliphatic rings. The molecule has 0 amide bonds. The van der Waals surface area contributed by atoms with Crippen molar-refractivity contribution < 1.29 is 4.74 Å². The molecule has 3 rings (SSSR count). The Morgan fingerprint density at radius 3 is 2.95 bits per heavy atom. The van der Waals surface area contributed by atoms with Crippen molar-refractivity contribution in [1.82, 2.24) is 20.1 Å². The van der Waals surface area contributed by atoms with Crippen molar-refractivity contribution in [2.24, 2.45) is 7.05 Å². The molecule has 21 heavy (non-hydrogen) atoms. The highest BCUT2D eigenvalue weighted by Crippen LogP contribution is 2.25. The Morgan fingerprint density at radius 2 is 2.19 bits per heavy atom. The normalized spacial score (nSPS) is 15.1. The molecule has 1 aliphatic heterocycles. The summed E-state index contributed by atoms with van der Waals surface area (Å²) in [5, 5.41) is 7.78. The first-order valence-corrected chi connectivity index (χ1v) is 7.53. The maximum Gasteiger partial charge on any atom is 0.138 e. The fourth-order valence-electron chi connectivity index (χ4n) is 2.72. The van der Waals surface area contributed by atoms with Crippen LogP contribution in [0.3, 0.4) is 0 Å². The van der Waals surface area contributed by atoms with Gasteiger partial charge in [-0.1, -0.05) is 25.1 Å². The average molecular weight is 286 g/mol. The highest BCUT2D eigenvalue weighted by atomic mass is 16.5. The molecular weight excluding hydrogens is 264 g/mol. The fraction of sp³-hybridized carbons (Fsp3) is 0.500. The summed E-state index contributed by atoms with van der Waals surface area (Å²) in [7, 11) is 1.94. The number of hydrogen-bond acceptors (Lipinski definition) is 4. The fourth-order valence-corrected chi connectivity index (χ4v) is 2.72. The van der Waals surface area contributed by atoms with E-state index in [1.54, 1.807) is 6.33 Å². The van der Waals surface area contributed by atoms with E-state index in [1.807, 2.05) is 11.7 Å². The van der Waals surface area contributed by atoms with Gasteiger partial charge in [0.2, 0.25) is 0 Å². The number of fused-ring (bicyclic) bond motifs is 1. The number of aromatic nitrogens is 3. The highest BCUT2D eigenvalue weighted by molar-refractivity contribution is 5.35. The Bertz CT molecular complexity index is 608. The van der Waals surface area contributed by atoms with Crippen LogP contribution in [0.25, 0.3) is 0 Å². The molecule has 1 unspecified atom stereocenters. The van der Waals surface area contributed by atoms with E-state index < -0.39 is 0 Å². The Hall–Kier alpha value is -1.72. The van der Waals surface area contributed by atoms with E-state index in [2.05, 4.69) is 40.5 Å². The number of ether oxygens (including phenoxy) is 1. The van der Waals surface area contributed by atoms with Gasteiger partial charge in [0.15, 0.2) is 0 Å². The van der Waals surface area contributed by atoms with Crippen LogP contribution >= 0.6 is 0 Å². The second-order valence-electron chi connectivity index (χ2n) is 5.53. The third-order valence-electron chi connectivity index (χ3n) is 3.98. The van der Waals surface area contributed by atoms with Crippen LogP contribution in [0.1, 0.15) is 41.9 Å². The van der Waals surface area contributed by atoms with Crippen molar-refractivity contribution in [3.05, 3.63) is 47.0 Å². The molecule has 5 heteroatoms. The summed E-state index contributed by atoms with van der Waals surface area (Å²) in [4.78, 5) is 4.35. The second-order valence-corrected chi connectivity index (χ2v) is 5.53. The summed E-state index contributed by atoms with van der Waals surface area (Å²) in [5.74, 6) is 1.00. The predicted octanol–water partition coefficient (Wildman–Crippen LogP) is 2.13. The summed E-state index contributed by atoms with van der Waals surface area (Å²) in [5.41, 5.74) is 3.93. The molecule has 2 aromatic rings. The van der Waals surface area contributed by atoms with Crippen molar-refractivity contribution in [1.29, 1.82) is 0 Å². The molecule has 112 valence electrons. The maximum atomic E-state index is 5.51. The summed E-state index contributed by atoms with van der Waals surface area (Å²) < 4.78 is 7.35. The van der Waals surface area contributed by atoms with Gasteiger partial charge in [-0.2, -0.15) is 5.10 Å². The Kier molecular flexibility index (Phi) is 4.31. The number of rotatable bonds is 6. The van der Waals surface area contributed by atoms with Gasteiger partial charge < -0.3 is 10.1 Å². The molecular formula is C16H22N4O. The van der Waals surface area contributed by atoms with Gasteiger partial charge in [-0.05, 0) is 29.7 Å². The number of benzene rings is 1. The predicted molar refractivity (Wildman–Crippen MR) is 80.7 cm³/mol. The molecule has 0 saturated carbocycles. The van der Waals surface area contributed by atoms with E-state index in [0.717, 1.165) is 38.4 Å². The number of hydrogen-bond donors (Lipinski definition) is 1. The van der Waals surface area contributed by atoms with Gasteiger partial charge in [-0.15, -0.1) is 0 Å². The van der Waals surface area contributed by atoms with Gasteiger partial charge in [-0.25, -0.2) is 4.98 Å². The van der Waals surface area contributed by atoms with Crippen molar-refractivity contribution >= 4 is 0 Å². The summed E-state index contributed by atoms with van der Waals surface area (Å²) in [6.07, 6.45) is 3.57. The van der Waals surface area contributed by atoms with Gasteiger partial charge >= 0.3 is 0 Å². The molecule has 1 atom stereocenters. The molecule has 1 N–H and O–H groups in total. The Labute approximate surface area is 125 Å². The number of aryl methyl sites for hydroxylation is 1. The summed E-state index contributed by atoms with van der Waals surface area (Å²) >= 11 is 0. The van der Waals surface area contributed by atoms with Crippen LogP contribution in [-0.2, 0) is 31.4 Å². The minimum Gasteiger partial charge on any atom is -0.372 e. The average Bonchev–Trinajstić information content (AvgIpc) is 3.11. The van der Waals surface area contributed by atoms with Gasteiger partial charge in [0.1, 0.15) is 12.2 Å². The van der Waals surface area contributed by atoms with Crippen molar-refractivity contribution in [2.75, 3.05) is 6.54 Å². The zero-order valence-corrected chi connectivity index (χ0v) is 12.7. The van der Waals surface area contributed by atoms with Gasteiger partial charge in [0, 0.05) is 19.5 Å². The highest BCUT2D eigenvalue weighted by Gasteiger charge is 2.18. The monoisotopic (exact) mass is 286 g/mol. The van der Waals surface area contributed by atoms with Crippen LogP contribution in [0.5, 0.6) is 0 Å². The van der Waals surface area contributed by atoms with Crippen molar-refractivity contribution in [3.8, 4) is 0 Å². The first kappa shape index (κ1) is 14.2. The van der Waals surface area contributed by atoms with Gasteiger partial charge in [0.05, 0.1) is 13.2 Å². The molecule has 1 aromatic carbocycles. The van der Waals surface area contributed by atoms with E-state index in [-0.39, 0.29) is 6.04 Å². The molecule has 5 nitrogen and oxygen atoms in total. The first-order valence-electron chi connectivity index (χ1n) is 7.53. The van der Waals surface area contributed by atoms with E-state index in [1.165, 1.54) is 16.7 Å². The first-order chi connectivity index (χ1) is 10.3. The summed E-state index contributed by atoms with van der Waals surface area (Å²) in [6.45, 7) is 4.65. The zero-order valence-electron chi connectivity index (χ0n) is 12.7. The van der Waals surface area contributed by atoms with E-state index in [4.69, 9.17) is 4.74 Å². The van der Waals surface area contributed by atoms with Crippen molar-refractivity contribution in [2.45, 2.75) is 39.0 Å². The minimum atomic E-state index is 0.263. The molecule has 0 saturated heterocycles. The quantitative estimate of drug-likeness (QED) is 0.884. The van der Waals surface area contributed by atoms with Gasteiger partial charge in [-0.3, -0.25) is 4.68 Å². The molecule has 0 radical (unpaired) electrons. The Morgan fingerprint density at radius 1 is 1.33 bits per heavy atom. The topological polar surface area (TPSA) is 52.0 Å². The molecule has 0 spiro atoms. The van der Waals surface area contributed by atoms with Crippen LogP contribution in [0.2, 0.25) is 0 Å². The molecule has 0 aliphatic carbocycles. The third kappa shape index (κ3) is 3.14. The lowest BCUT2D eigenvalue weighted by Crippen LogP contribution is -2.25. The maximum absolute atomic E-state index is 5.51. The van der Waals surface area contributed by atoms with Crippen LogP contribution < -0.4 is 5.32 Å². The summed E-state index contributed by atoms with van der Waals surface area (Å²) in [6, 6.07) is 6.93. The SMILES string of the molecule is CCCNC(Cc1ncnn1C)c1ccc2c(c1)COC2. The lowest BCUT2D eigenvalue weighted by Gasteiger charge is -2.19.